The van der Waals surface area contributed by atoms with E-state index in [0.717, 1.165) is 16.9 Å². The van der Waals surface area contributed by atoms with Gasteiger partial charge >= 0.3 is 0 Å². The van der Waals surface area contributed by atoms with Crippen LogP contribution in [0.15, 0.2) is 64.8 Å². The summed E-state index contributed by atoms with van der Waals surface area (Å²) in [6.45, 7) is 0.203. The lowest BCUT2D eigenvalue weighted by atomic mass is 10.1. The number of H-pyrrole nitrogens is 1. The van der Waals surface area contributed by atoms with Gasteiger partial charge in [0.2, 0.25) is 0 Å². The smallest absolute Gasteiger partial charge is 0.260 e. The minimum atomic E-state index is -0.187. The maximum Gasteiger partial charge on any atom is 0.260 e. The largest absolute Gasteiger partial charge is 0.486 e. The van der Waals surface area contributed by atoms with Gasteiger partial charge in [-0.2, -0.15) is 0 Å². The number of fused-ring (bicyclic) bond motifs is 1. The van der Waals surface area contributed by atoms with Crippen LogP contribution in [-0.2, 0) is 6.61 Å². The minimum Gasteiger partial charge on any atom is -0.486 e. The highest BCUT2D eigenvalue weighted by atomic mass is 35.5. The van der Waals surface area contributed by atoms with E-state index in [-0.39, 0.29) is 12.2 Å². The molecule has 4 rings (SSSR count). The summed E-state index contributed by atoms with van der Waals surface area (Å²) < 4.78 is 5.66. The highest BCUT2D eigenvalue weighted by molar-refractivity contribution is 7.17. The van der Waals surface area contributed by atoms with Crippen molar-refractivity contribution in [2.24, 2.45) is 0 Å². The van der Waals surface area contributed by atoms with E-state index in [1.165, 1.54) is 11.3 Å². The summed E-state index contributed by atoms with van der Waals surface area (Å²) in [4.78, 5) is 20.6. The van der Waals surface area contributed by atoms with E-state index in [9.17, 15) is 4.79 Å². The van der Waals surface area contributed by atoms with Crippen LogP contribution in [0.3, 0.4) is 0 Å². The molecule has 0 aliphatic rings. The van der Waals surface area contributed by atoms with E-state index in [4.69, 9.17) is 16.3 Å². The van der Waals surface area contributed by atoms with Crippen LogP contribution in [0.25, 0.3) is 21.3 Å². The van der Waals surface area contributed by atoms with E-state index >= 15 is 0 Å². The van der Waals surface area contributed by atoms with Gasteiger partial charge in [-0.3, -0.25) is 4.79 Å². The van der Waals surface area contributed by atoms with Gasteiger partial charge in [0.25, 0.3) is 5.56 Å². The van der Waals surface area contributed by atoms with Crippen molar-refractivity contribution in [3.63, 3.8) is 0 Å². The third-order valence-electron chi connectivity index (χ3n) is 3.78. The quantitative estimate of drug-likeness (QED) is 0.558. The second-order valence-electron chi connectivity index (χ2n) is 5.42. The molecule has 25 heavy (non-hydrogen) atoms. The van der Waals surface area contributed by atoms with Crippen LogP contribution in [0.4, 0.5) is 0 Å². The zero-order valence-corrected chi connectivity index (χ0v) is 14.6. The first kappa shape index (κ1) is 15.9. The second kappa shape index (κ2) is 6.70. The summed E-state index contributed by atoms with van der Waals surface area (Å²) in [5, 5.41) is 3.08. The fraction of sp³-hybridized carbons (Fsp3) is 0.0526. The molecule has 4 aromatic rings. The number of aromatic nitrogens is 2. The van der Waals surface area contributed by atoms with Gasteiger partial charge in [0.1, 0.15) is 23.0 Å². The molecule has 0 bridgehead atoms. The van der Waals surface area contributed by atoms with Crippen LogP contribution in [0.2, 0.25) is 5.02 Å². The lowest BCUT2D eigenvalue weighted by Gasteiger charge is -2.06. The molecule has 0 aliphatic carbocycles. The van der Waals surface area contributed by atoms with Gasteiger partial charge in [0.15, 0.2) is 0 Å². The molecule has 0 amide bonds. The molecule has 4 nitrogen and oxygen atoms in total. The van der Waals surface area contributed by atoms with E-state index < -0.39 is 0 Å². The number of aromatic amines is 1. The van der Waals surface area contributed by atoms with Gasteiger partial charge in [-0.25, -0.2) is 4.98 Å². The number of benzene rings is 2. The molecule has 124 valence electrons. The molecule has 1 N–H and O–H groups in total. The predicted molar refractivity (Wildman–Crippen MR) is 101 cm³/mol. The number of nitrogens with zero attached hydrogens (tertiary/aromatic N) is 1. The van der Waals surface area contributed by atoms with Crippen LogP contribution in [0, 0.1) is 0 Å². The summed E-state index contributed by atoms with van der Waals surface area (Å²) in [6, 6.07) is 16.9. The summed E-state index contributed by atoms with van der Waals surface area (Å²) in [7, 11) is 0. The molecule has 0 aliphatic heterocycles. The maximum absolute atomic E-state index is 12.6. The summed E-state index contributed by atoms with van der Waals surface area (Å²) in [6.07, 6.45) is 0. The fourth-order valence-corrected chi connectivity index (χ4v) is 3.80. The first-order valence-corrected chi connectivity index (χ1v) is 8.91. The number of para-hydroxylation sites is 1. The summed E-state index contributed by atoms with van der Waals surface area (Å²) in [5.41, 5.74) is 1.44. The van der Waals surface area contributed by atoms with Crippen LogP contribution < -0.4 is 10.3 Å². The molecular formula is C19H13ClN2O2S. The standard InChI is InChI=1S/C19H13ClN2O2S/c20-15-9-5-4-8-13(15)14-11-25-19-17(14)18(23)21-16(22-19)10-24-12-6-2-1-3-7-12/h1-9,11H,10H2,(H,21,22,23). The Bertz CT molecular complexity index is 1090. The number of hydrogen-bond acceptors (Lipinski definition) is 4. The zero-order valence-electron chi connectivity index (χ0n) is 13.0. The average molecular weight is 369 g/mol. The molecule has 0 spiro atoms. The van der Waals surface area contributed by atoms with Gasteiger partial charge < -0.3 is 9.72 Å². The first-order chi connectivity index (χ1) is 12.2. The van der Waals surface area contributed by atoms with E-state index in [0.29, 0.717) is 21.1 Å². The Morgan fingerprint density at radius 1 is 1.04 bits per heavy atom. The van der Waals surface area contributed by atoms with Gasteiger partial charge in [0, 0.05) is 21.5 Å². The van der Waals surface area contributed by atoms with E-state index in [2.05, 4.69) is 9.97 Å². The Morgan fingerprint density at radius 2 is 1.80 bits per heavy atom. The molecule has 0 saturated carbocycles. The highest BCUT2D eigenvalue weighted by Gasteiger charge is 2.14. The van der Waals surface area contributed by atoms with E-state index in [1.54, 1.807) is 0 Å². The predicted octanol–water partition coefficient (Wildman–Crippen LogP) is 4.88. The van der Waals surface area contributed by atoms with Crippen LogP contribution in [0.1, 0.15) is 5.82 Å². The van der Waals surface area contributed by atoms with Crippen molar-refractivity contribution in [1.82, 2.24) is 9.97 Å². The van der Waals surface area contributed by atoms with Crippen molar-refractivity contribution in [2.45, 2.75) is 6.61 Å². The van der Waals surface area contributed by atoms with Gasteiger partial charge in [-0.05, 0) is 18.2 Å². The maximum atomic E-state index is 12.6. The van der Waals surface area contributed by atoms with E-state index in [1.807, 2.05) is 60.0 Å². The molecule has 0 fully saturated rings. The van der Waals surface area contributed by atoms with Crippen LogP contribution >= 0.6 is 22.9 Å². The van der Waals surface area contributed by atoms with Gasteiger partial charge in [-0.1, -0.05) is 48.0 Å². The monoisotopic (exact) mass is 368 g/mol. The van der Waals surface area contributed by atoms with Gasteiger partial charge in [-0.15, -0.1) is 11.3 Å². The Hall–Kier alpha value is -2.63. The van der Waals surface area contributed by atoms with Crippen LogP contribution in [0.5, 0.6) is 5.75 Å². The Labute approximate surface area is 152 Å². The van der Waals surface area contributed by atoms with Crippen molar-refractivity contribution < 1.29 is 4.74 Å². The molecule has 2 aromatic carbocycles. The number of halogens is 1. The third kappa shape index (κ3) is 3.16. The van der Waals surface area contributed by atoms with Crippen molar-refractivity contribution >= 4 is 33.2 Å². The fourth-order valence-electron chi connectivity index (χ4n) is 2.61. The lowest BCUT2D eigenvalue weighted by molar-refractivity contribution is 0.296. The molecule has 0 saturated heterocycles. The molecular weight excluding hydrogens is 356 g/mol. The highest BCUT2D eigenvalue weighted by Crippen LogP contribution is 2.34. The SMILES string of the molecule is O=c1[nH]c(COc2ccccc2)nc2scc(-c3ccccc3Cl)c12. The molecule has 2 aromatic heterocycles. The van der Waals surface area contributed by atoms with Crippen molar-refractivity contribution in [3.8, 4) is 16.9 Å². The molecule has 6 heteroatoms. The minimum absolute atomic E-state index is 0.187. The van der Waals surface area contributed by atoms with Crippen molar-refractivity contribution in [1.29, 1.82) is 0 Å². The molecule has 0 radical (unpaired) electrons. The topological polar surface area (TPSA) is 55.0 Å². The molecule has 0 atom stereocenters. The van der Waals surface area contributed by atoms with Crippen molar-refractivity contribution in [3.05, 3.63) is 81.2 Å². The normalized spacial score (nSPS) is 10.9. The lowest BCUT2D eigenvalue weighted by Crippen LogP contribution is -2.13. The summed E-state index contributed by atoms with van der Waals surface area (Å²) in [5.74, 6) is 1.22. The number of thiophene rings is 1. The number of nitrogens with one attached hydrogen (secondary N) is 1. The number of rotatable bonds is 4. The van der Waals surface area contributed by atoms with Gasteiger partial charge in [0.05, 0.1) is 5.39 Å². The Morgan fingerprint density at radius 3 is 2.60 bits per heavy atom. The molecule has 2 heterocycles. The summed E-state index contributed by atoms with van der Waals surface area (Å²) >= 11 is 7.69. The first-order valence-electron chi connectivity index (χ1n) is 7.65. The third-order valence-corrected chi connectivity index (χ3v) is 4.98. The Balaban J connectivity index is 1.70. The second-order valence-corrected chi connectivity index (χ2v) is 6.69. The van der Waals surface area contributed by atoms with Crippen LogP contribution in [-0.4, -0.2) is 9.97 Å². The Kier molecular flexibility index (Phi) is 4.26. The molecule has 0 unspecified atom stereocenters. The average Bonchev–Trinajstić information content (AvgIpc) is 3.06. The van der Waals surface area contributed by atoms with Crippen molar-refractivity contribution in [2.75, 3.05) is 0 Å². The number of ether oxygens (including phenoxy) is 1. The number of hydrogen-bond donors (Lipinski definition) is 1. The zero-order chi connectivity index (χ0) is 17.2.